The van der Waals surface area contributed by atoms with Crippen LogP contribution in [0.1, 0.15) is 13.8 Å². The van der Waals surface area contributed by atoms with Crippen molar-refractivity contribution in [2.75, 3.05) is 7.05 Å². The number of amides is 1. The lowest BCUT2D eigenvalue weighted by molar-refractivity contribution is -0.127. The first kappa shape index (κ1) is 7.66. The summed E-state index contributed by atoms with van der Waals surface area (Å²) in [7, 11) is 1.81. The first-order chi connectivity index (χ1) is 4.63. The first-order valence-corrected chi connectivity index (χ1v) is 4.17. The van der Waals surface area contributed by atoms with Gasteiger partial charge < -0.3 is 4.90 Å². The molecule has 10 heavy (non-hydrogen) atoms. The molecule has 1 aliphatic heterocycles. The minimum absolute atomic E-state index is 0.0914. The predicted molar refractivity (Wildman–Crippen MR) is 43.6 cm³/mol. The lowest BCUT2D eigenvalue weighted by Gasteiger charge is -2.25. The summed E-state index contributed by atoms with van der Waals surface area (Å²) in [6.07, 6.45) is 0. The van der Waals surface area contributed by atoms with Crippen LogP contribution in [0.3, 0.4) is 0 Å². The summed E-state index contributed by atoms with van der Waals surface area (Å²) < 4.78 is 0. The SMILES string of the molecule is CC1=CSC(C)C(=O)N1C. The highest BCUT2D eigenvalue weighted by Gasteiger charge is 2.22. The van der Waals surface area contributed by atoms with Gasteiger partial charge in [0.05, 0.1) is 5.25 Å². The van der Waals surface area contributed by atoms with Crippen LogP contribution in [0.5, 0.6) is 0 Å². The average Bonchev–Trinajstić information content (AvgIpc) is 1.93. The summed E-state index contributed by atoms with van der Waals surface area (Å²) in [6.45, 7) is 3.86. The molecular weight excluding hydrogens is 146 g/mol. The Balaban J connectivity index is 2.81. The Labute approximate surface area is 65.3 Å². The van der Waals surface area contributed by atoms with Crippen LogP contribution < -0.4 is 0 Å². The average molecular weight is 157 g/mol. The van der Waals surface area contributed by atoms with E-state index in [1.807, 2.05) is 26.3 Å². The molecule has 1 unspecified atom stereocenters. The Morgan fingerprint density at radius 1 is 1.70 bits per heavy atom. The van der Waals surface area contributed by atoms with Crippen LogP contribution in [0.15, 0.2) is 11.1 Å². The van der Waals surface area contributed by atoms with Crippen LogP contribution in [-0.2, 0) is 4.79 Å². The zero-order valence-corrected chi connectivity index (χ0v) is 7.23. The van der Waals surface area contributed by atoms with Crippen molar-refractivity contribution in [3.8, 4) is 0 Å². The van der Waals surface area contributed by atoms with E-state index >= 15 is 0 Å². The second-order valence-corrected chi connectivity index (χ2v) is 3.65. The highest BCUT2D eigenvalue weighted by atomic mass is 32.2. The molecule has 0 spiro atoms. The van der Waals surface area contributed by atoms with E-state index < -0.39 is 0 Å². The van der Waals surface area contributed by atoms with E-state index in [1.165, 1.54) is 0 Å². The maximum atomic E-state index is 11.2. The van der Waals surface area contributed by atoms with Crippen molar-refractivity contribution in [2.45, 2.75) is 19.1 Å². The second kappa shape index (κ2) is 2.66. The van der Waals surface area contributed by atoms with Crippen LogP contribution in [0.4, 0.5) is 0 Å². The van der Waals surface area contributed by atoms with Gasteiger partial charge in [-0.1, -0.05) is 0 Å². The smallest absolute Gasteiger partial charge is 0.239 e. The molecule has 0 saturated heterocycles. The van der Waals surface area contributed by atoms with Crippen LogP contribution in [0.25, 0.3) is 0 Å². The van der Waals surface area contributed by atoms with Crippen LogP contribution in [0.2, 0.25) is 0 Å². The molecule has 56 valence electrons. The number of allylic oxidation sites excluding steroid dienone is 1. The fourth-order valence-electron chi connectivity index (χ4n) is 0.784. The molecular formula is C7H11NOS. The fourth-order valence-corrected chi connectivity index (χ4v) is 1.62. The number of carbonyl (C=O) groups excluding carboxylic acids is 1. The molecule has 0 fully saturated rings. The highest BCUT2D eigenvalue weighted by Crippen LogP contribution is 2.23. The lowest BCUT2D eigenvalue weighted by Crippen LogP contribution is -2.34. The summed E-state index contributed by atoms with van der Waals surface area (Å²) in [5.74, 6) is 0.199. The van der Waals surface area contributed by atoms with Crippen molar-refractivity contribution in [3.05, 3.63) is 11.1 Å². The topological polar surface area (TPSA) is 20.3 Å². The molecule has 1 aliphatic rings. The molecule has 2 nitrogen and oxygen atoms in total. The Bertz CT molecular complexity index is 188. The number of nitrogens with zero attached hydrogens (tertiary/aromatic N) is 1. The zero-order chi connectivity index (χ0) is 7.72. The number of hydrogen-bond acceptors (Lipinski definition) is 2. The summed E-state index contributed by atoms with van der Waals surface area (Å²) in [5, 5.41) is 2.11. The number of thioether (sulfide) groups is 1. The molecule has 0 bridgehead atoms. The molecule has 1 amide bonds. The summed E-state index contributed by atoms with van der Waals surface area (Å²) in [6, 6.07) is 0. The largest absolute Gasteiger partial charge is 0.318 e. The van der Waals surface area contributed by atoms with E-state index in [4.69, 9.17) is 0 Å². The minimum atomic E-state index is 0.0914. The van der Waals surface area contributed by atoms with Gasteiger partial charge in [-0.3, -0.25) is 4.79 Å². The van der Waals surface area contributed by atoms with Gasteiger partial charge in [0.2, 0.25) is 5.91 Å². The quantitative estimate of drug-likeness (QED) is 0.530. The molecule has 0 N–H and O–H groups in total. The van der Waals surface area contributed by atoms with Crippen molar-refractivity contribution in [3.63, 3.8) is 0 Å². The number of carbonyl (C=O) groups is 1. The molecule has 1 rings (SSSR count). The molecule has 1 heterocycles. The third-order valence-corrected chi connectivity index (χ3v) is 2.74. The van der Waals surface area contributed by atoms with Gasteiger partial charge in [-0.2, -0.15) is 0 Å². The van der Waals surface area contributed by atoms with E-state index in [1.54, 1.807) is 16.7 Å². The van der Waals surface area contributed by atoms with Crippen molar-refractivity contribution < 1.29 is 4.79 Å². The van der Waals surface area contributed by atoms with E-state index in [9.17, 15) is 4.79 Å². The third kappa shape index (κ3) is 1.19. The Morgan fingerprint density at radius 3 is 2.80 bits per heavy atom. The van der Waals surface area contributed by atoms with Gasteiger partial charge in [-0.25, -0.2) is 0 Å². The molecule has 0 aromatic heterocycles. The maximum Gasteiger partial charge on any atom is 0.239 e. The van der Waals surface area contributed by atoms with Gasteiger partial charge in [0, 0.05) is 12.7 Å². The Kier molecular flexibility index (Phi) is 2.04. The van der Waals surface area contributed by atoms with Crippen molar-refractivity contribution >= 4 is 17.7 Å². The molecule has 3 heteroatoms. The van der Waals surface area contributed by atoms with Crippen molar-refractivity contribution in [1.29, 1.82) is 0 Å². The Hall–Kier alpha value is -0.440. The molecule has 0 aromatic carbocycles. The van der Waals surface area contributed by atoms with Crippen LogP contribution in [-0.4, -0.2) is 23.1 Å². The lowest BCUT2D eigenvalue weighted by atomic mass is 10.3. The van der Waals surface area contributed by atoms with Gasteiger partial charge in [0.1, 0.15) is 0 Å². The molecule has 1 atom stereocenters. The van der Waals surface area contributed by atoms with Crippen LogP contribution >= 0.6 is 11.8 Å². The Morgan fingerprint density at radius 2 is 2.30 bits per heavy atom. The van der Waals surface area contributed by atoms with E-state index in [-0.39, 0.29) is 11.2 Å². The molecule has 0 aromatic rings. The van der Waals surface area contributed by atoms with E-state index in [2.05, 4.69) is 0 Å². The maximum absolute atomic E-state index is 11.2. The highest BCUT2D eigenvalue weighted by molar-refractivity contribution is 8.03. The minimum Gasteiger partial charge on any atom is -0.318 e. The van der Waals surface area contributed by atoms with Gasteiger partial charge in [-0.15, -0.1) is 11.8 Å². The number of rotatable bonds is 0. The summed E-state index contributed by atoms with van der Waals surface area (Å²) >= 11 is 1.58. The zero-order valence-electron chi connectivity index (χ0n) is 6.42. The van der Waals surface area contributed by atoms with Gasteiger partial charge in [0.25, 0.3) is 0 Å². The predicted octanol–water partition coefficient (Wildman–Crippen LogP) is 1.44. The normalized spacial score (nSPS) is 26.7. The van der Waals surface area contributed by atoms with E-state index in [0.29, 0.717) is 0 Å². The monoisotopic (exact) mass is 157 g/mol. The van der Waals surface area contributed by atoms with Crippen molar-refractivity contribution in [2.24, 2.45) is 0 Å². The summed E-state index contributed by atoms with van der Waals surface area (Å²) in [4.78, 5) is 12.9. The van der Waals surface area contributed by atoms with Crippen LogP contribution in [0, 0.1) is 0 Å². The molecule has 0 saturated carbocycles. The van der Waals surface area contributed by atoms with E-state index in [0.717, 1.165) is 5.70 Å². The number of hydrogen-bond donors (Lipinski definition) is 0. The van der Waals surface area contributed by atoms with Gasteiger partial charge >= 0.3 is 0 Å². The second-order valence-electron chi connectivity index (χ2n) is 2.43. The van der Waals surface area contributed by atoms with Crippen molar-refractivity contribution in [1.82, 2.24) is 4.90 Å². The van der Waals surface area contributed by atoms with Gasteiger partial charge in [0.15, 0.2) is 0 Å². The van der Waals surface area contributed by atoms with Gasteiger partial charge in [-0.05, 0) is 19.3 Å². The first-order valence-electron chi connectivity index (χ1n) is 3.22. The summed E-state index contributed by atoms with van der Waals surface area (Å²) in [5.41, 5.74) is 1.04. The molecule has 0 radical (unpaired) electrons. The molecule has 0 aliphatic carbocycles. The third-order valence-electron chi connectivity index (χ3n) is 1.65. The fraction of sp³-hybridized carbons (Fsp3) is 0.571. The standard InChI is InChI=1S/C7H11NOS/c1-5-4-10-6(2)7(9)8(5)3/h4,6H,1-3H3.